The van der Waals surface area contributed by atoms with Crippen LogP contribution < -0.4 is 21.3 Å². The molecule has 0 aliphatic carbocycles. The minimum atomic E-state index is -4.22. The van der Waals surface area contributed by atoms with Crippen LogP contribution in [0.25, 0.3) is 10.9 Å². The smallest absolute Gasteiger partial charge is 0.301 e. The number of nitrogens with zero attached hydrogens (tertiary/aromatic N) is 3. The fourth-order valence-corrected chi connectivity index (χ4v) is 5.55. The molecule has 12 heteroatoms. The predicted molar refractivity (Wildman–Crippen MR) is 134 cm³/mol. The van der Waals surface area contributed by atoms with Crippen molar-refractivity contribution in [1.29, 1.82) is 0 Å². The minimum Gasteiger partial charge on any atom is -0.301 e. The van der Waals surface area contributed by atoms with Gasteiger partial charge in [-0.3, -0.25) is 18.7 Å². The van der Waals surface area contributed by atoms with Crippen LogP contribution in [0.3, 0.4) is 0 Å². The summed E-state index contributed by atoms with van der Waals surface area (Å²) in [6.07, 6.45) is 0.0973. The SMILES string of the molecule is Cc1csc(NC(=O)[C@@H](Cc2ccccc2)NS(=O)(=O)c2ccc3c(c2)c(=O)n(C)c(=O)n3C)n1. The number of anilines is 1. The fourth-order valence-electron chi connectivity index (χ4n) is 3.64. The highest BCUT2D eigenvalue weighted by atomic mass is 32.2. The Hall–Kier alpha value is -3.61. The summed E-state index contributed by atoms with van der Waals surface area (Å²) in [5, 5.41) is 4.87. The lowest BCUT2D eigenvalue weighted by atomic mass is 10.1. The third-order valence-corrected chi connectivity index (χ3v) is 7.84. The van der Waals surface area contributed by atoms with Crippen LogP contribution in [0.5, 0.6) is 0 Å². The number of benzene rings is 2. The molecule has 0 saturated heterocycles. The molecule has 2 aromatic heterocycles. The summed E-state index contributed by atoms with van der Waals surface area (Å²) in [5.41, 5.74) is 0.659. The molecule has 0 aliphatic heterocycles. The Bertz CT molecular complexity index is 1640. The zero-order valence-electron chi connectivity index (χ0n) is 19.2. The molecular weight excluding hydrogens is 490 g/mol. The number of hydrogen-bond donors (Lipinski definition) is 2. The van der Waals surface area contributed by atoms with E-state index in [1.165, 1.54) is 48.2 Å². The van der Waals surface area contributed by atoms with Crippen LogP contribution in [-0.4, -0.2) is 34.5 Å². The van der Waals surface area contributed by atoms with Gasteiger partial charge in [0.1, 0.15) is 6.04 Å². The average Bonchev–Trinajstić information content (AvgIpc) is 3.25. The number of amides is 1. The van der Waals surface area contributed by atoms with Crippen LogP contribution in [-0.2, 0) is 35.3 Å². The molecule has 4 aromatic rings. The molecule has 1 atom stereocenters. The van der Waals surface area contributed by atoms with E-state index in [0.717, 1.165) is 15.8 Å². The number of carbonyl (C=O) groups excluding carboxylic acids is 1. The maximum atomic E-state index is 13.3. The topological polar surface area (TPSA) is 132 Å². The summed E-state index contributed by atoms with van der Waals surface area (Å²) in [7, 11) is -1.40. The molecule has 4 rings (SSSR count). The maximum Gasteiger partial charge on any atom is 0.330 e. The first-order valence-corrected chi connectivity index (χ1v) is 12.9. The van der Waals surface area contributed by atoms with Gasteiger partial charge in [0.25, 0.3) is 5.56 Å². The van der Waals surface area contributed by atoms with Gasteiger partial charge in [0.05, 0.1) is 21.5 Å². The van der Waals surface area contributed by atoms with E-state index in [2.05, 4.69) is 15.0 Å². The van der Waals surface area contributed by atoms with E-state index in [4.69, 9.17) is 0 Å². The quantitative estimate of drug-likeness (QED) is 0.385. The summed E-state index contributed by atoms with van der Waals surface area (Å²) in [6, 6.07) is 11.8. The third kappa shape index (κ3) is 5.09. The number of fused-ring (bicyclic) bond motifs is 1. The molecule has 182 valence electrons. The highest BCUT2D eigenvalue weighted by Gasteiger charge is 2.27. The van der Waals surface area contributed by atoms with Crippen molar-refractivity contribution >= 4 is 43.3 Å². The van der Waals surface area contributed by atoms with Gasteiger partial charge in [0, 0.05) is 19.5 Å². The van der Waals surface area contributed by atoms with Crippen LogP contribution in [0, 0.1) is 6.92 Å². The molecule has 35 heavy (non-hydrogen) atoms. The Morgan fingerprint density at radius 2 is 1.80 bits per heavy atom. The van der Waals surface area contributed by atoms with Crippen LogP contribution in [0.1, 0.15) is 11.3 Å². The van der Waals surface area contributed by atoms with Crippen molar-refractivity contribution in [2.75, 3.05) is 5.32 Å². The van der Waals surface area contributed by atoms with Gasteiger partial charge in [0.2, 0.25) is 15.9 Å². The van der Waals surface area contributed by atoms with E-state index < -0.39 is 33.2 Å². The maximum absolute atomic E-state index is 13.3. The van der Waals surface area contributed by atoms with E-state index >= 15 is 0 Å². The lowest BCUT2D eigenvalue weighted by molar-refractivity contribution is -0.117. The normalized spacial score (nSPS) is 12.5. The molecule has 10 nitrogen and oxygen atoms in total. The number of sulfonamides is 1. The Morgan fingerprint density at radius 1 is 1.09 bits per heavy atom. The first kappa shape index (κ1) is 24.5. The lowest BCUT2D eigenvalue weighted by Crippen LogP contribution is -2.45. The van der Waals surface area contributed by atoms with E-state index in [0.29, 0.717) is 10.6 Å². The number of thiazole rings is 1. The predicted octanol–water partition coefficient (Wildman–Crippen LogP) is 1.53. The first-order valence-electron chi connectivity index (χ1n) is 10.6. The molecule has 2 heterocycles. The number of carbonyl (C=O) groups is 1. The van der Waals surface area contributed by atoms with Gasteiger partial charge in [-0.05, 0) is 37.1 Å². The largest absolute Gasteiger partial charge is 0.330 e. The second-order valence-electron chi connectivity index (χ2n) is 8.03. The Balaban J connectivity index is 1.70. The van der Waals surface area contributed by atoms with Gasteiger partial charge in [-0.1, -0.05) is 30.3 Å². The molecule has 1 amide bonds. The second kappa shape index (κ2) is 9.56. The second-order valence-corrected chi connectivity index (χ2v) is 10.6. The first-order chi connectivity index (χ1) is 16.6. The summed E-state index contributed by atoms with van der Waals surface area (Å²) >= 11 is 1.24. The fraction of sp³-hybridized carbons (Fsp3) is 0.217. The number of aryl methyl sites for hydroxylation is 2. The molecular formula is C23H23N5O5S2. The van der Waals surface area contributed by atoms with E-state index in [-0.39, 0.29) is 16.7 Å². The van der Waals surface area contributed by atoms with Gasteiger partial charge >= 0.3 is 5.69 Å². The summed E-state index contributed by atoms with van der Waals surface area (Å²) < 4.78 is 31.3. The van der Waals surface area contributed by atoms with Crippen molar-refractivity contribution in [3.8, 4) is 0 Å². The van der Waals surface area contributed by atoms with Crippen LogP contribution in [0.4, 0.5) is 5.13 Å². The number of nitrogens with one attached hydrogen (secondary N) is 2. The molecule has 2 aromatic carbocycles. The van der Waals surface area contributed by atoms with Gasteiger partial charge < -0.3 is 5.32 Å². The summed E-state index contributed by atoms with van der Waals surface area (Å²) in [6.45, 7) is 1.79. The minimum absolute atomic E-state index is 0.0693. The highest BCUT2D eigenvalue weighted by Crippen LogP contribution is 2.18. The molecule has 0 spiro atoms. The lowest BCUT2D eigenvalue weighted by Gasteiger charge is -2.18. The molecule has 0 unspecified atom stereocenters. The van der Waals surface area contributed by atoms with Gasteiger partial charge in [-0.25, -0.2) is 18.2 Å². The van der Waals surface area contributed by atoms with E-state index in [9.17, 15) is 22.8 Å². The summed E-state index contributed by atoms with van der Waals surface area (Å²) in [4.78, 5) is 41.9. The molecule has 0 bridgehead atoms. The third-order valence-electron chi connectivity index (χ3n) is 5.49. The monoisotopic (exact) mass is 513 g/mol. The van der Waals surface area contributed by atoms with Gasteiger partial charge in [-0.2, -0.15) is 4.72 Å². The highest BCUT2D eigenvalue weighted by molar-refractivity contribution is 7.89. The zero-order valence-corrected chi connectivity index (χ0v) is 20.8. The number of rotatable bonds is 7. The van der Waals surface area contributed by atoms with Crippen molar-refractivity contribution in [1.82, 2.24) is 18.8 Å². The zero-order chi connectivity index (χ0) is 25.3. The molecule has 2 N–H and O–H groups in total. The molecule has 0 saturated carbocycles. The molecule has 0 aliphatic rings. The standard InChI is InChI=1S/C23H23N5O5S2/c1-14-13-34-22(24-14)25-20(29)18(11-15-7-5-4-6-8-15)26-35(32,33)16-9-10-19-17(12-16)21(30)28(3)23(31)27(19)2/h4-10,12-13,18,26H,11H2,1-3H3,(H,24,25,29)/t18-/m1/s1. The van der Waals surface area contributed by atoms with Crippen LogP contribution in [0.15, 0.2) is 68.4 Å². The van der Waals surface area contributed by atoms with Crippen molar-refractivity contribution in [3.63, 3.8) is 0 Å². The van der Waals surface area contributed by atoms with Gasteiger partial charge in [-0.15, -0.1) is 11.3 Å². The Labute approximate surface area is 204 Å². The van der Waals surface area contributed by atoms with Crippen molar-refractivity contribution in [2.45, 2.75) is 24.3 Å². The van der Waals surface area contributed by atoms with Crippen molar-refractivity contribution in [3.05, 3.63) is 86.0 Å². The molecule has 0 radical (unpaired) electrons. The Kier molecular flexibility index (Phi) is 6.70. The number of hydrogen-bond acceptors (Lipinski definition) is 7. The Morgan fingerprint density at radius 3 is 2.46 bits per heavy atom. The van der Waals surface area contributed by atoms with E-state index in [1.807, 2.05) is 6.07 Å². The van der Waals surface area contributed by atoms with Crippen LogP contribution in [0.2, 0.25) is 0 Å². The van der Waals surface area contributed by atoms with Crippen molar-refractivity contribution in [2.24, 2.45) is 14.1 Å². The summed E-state index contributed by atoms with van der Waals surface area (Å²) in [5.74, 6) is -0.564. The average molecular weight is 514 g/mol. The van der Waals surface area contributed by atoms with Gasteiger partial charge in [0.15, 0.2) is 5.13 Å². The molecule has 0 fully saturated rings. The van der Waals surface area contributed by atoms with E-state index in [1.54, 1.807) is 36.6 Å². The number of aromatic nitrogens is 3. The van der Waals surface area contributed by atoms with Crippen molar-refractivity contribution < 1.29 is 13.2 Å². The van der Waals surface area contributed by atoms with Crippen LogP contribution >= 0.6 is 11.3 Å².